The summed E-state index contributed by atoms with van der Waals surface area (Å²) in [4.78, 5) is 49.0. The Balaban J connectivity index is 0.915. The van der Waals surface area contributed by atoms with Crippen LogP contribution in [-0.2, 0) is 19.4 Å². The molecule has 0 aliphatic carbocycles. The molecule has 2 unspecified atom stereocenters. The highest BCUT2D eigenvalue weighted by Gasteiger charge is 2.45. The van der Waals surface area contributed by atoms with Gasteiger partial charge in [-0.15, -0.1) is 4.91 Å². The predicted molar refractivity (Wildman–Crippen MR) is 233 cm³/mol. The molecule has 2 fully saturated rings. The van der Waals surface area contributed by atoms with Gasteiger partial charge in [-0.25, -0.2) is 23.6 Å². The number of piperazine rings is 1. The predicted octanol–water partition coefficient (Wildman–Crippen LogP) is 6.98. The van der Waals surface area contributed by atoms with E-state index >= 15 is 0 Å². The number of aromatic nitrogens is 3. The molecule has 2 saturated heterocycles. The first kappa shape index (κ1) is 40.7. The molecule has 4 aromatic rings. The molecule has 1 N–H and O–H groups in total. The SMILES string of the molecule is CC[C@@H]([C@H](C)OP(=O)(O)N=O)n1ncn(-c2ccc(N3CCN(c4ccc(OC[C@@H]5CO[C@@](CC6C=NC=N6)(c6ccc(I)cc6I)C5)cc4)CC3)cc2)c1=O. The van der Waals surface area contributed by atoms with Gasteiger partial charge in [0.2, 0.25) is 0 Å². The Hall–Kier alpha value is -3.49. The van der Waals surface area contributed by atoms with Crippen LogP contribution in [0.2, 0.25) is 0 Å². The van der Waals surface area contributed by atoms with Gasteiger partial charge in [-0.1, -0.05) is 13.0 Å². The van der Waals surface area contributed by atoms with Gasteiger partial charge >= 0.3 is 13.4 Å². The molecule has 0 amide bonds. The van der Waals surface area contributed by atoms with E-state index in [1.807, 2.05) is 42.6 Å². The van der Waals surface area contributed by atoms with E-state index in [1.54, 1.807) is 13.3 Å². The molecular formula is C38H43I2N8O7P. The average molecular weight is 1010 g/mol. The van der Waals surface area contributed by atoms with Crippen LogP contribution in [0.15, 0.2) is 92.8 Å². The standard InChI is InChI=1S/C38H43I2N8O7P/c1-3-36(26(2)55-56(51,52)44-50)48-37(49)47(25-43-48)32-7-5-30(6-8-32)45-14-16-46(17-15-45)31-9-11-33(12-10-31)53-22-27-19-38(54-23-27,20-29-21-41-24-42-29)34-13-4-28(39)18-35(34)40/h4-13,18,21,24-27,29,36H,3,14-17,19-20,22-23H2,1-2H3,(H,51,52)/t26-,27+,29?,36-,38-/m0/s1. The van der Waals surface area contributed by atoms with Crippen molar-refractivity contribution >= 4 is 76.9 Å². The van der Waals surface area contributed by atoms with Gasteiger partial charge in [0.05, 0.1) is 42.7 Å². The number of nitroso groups, excluding NO2 is 1. The Labute approximate surface area is 352 Å². The second kappa shape index (κ2) is 17.6. The second-order valence-corrected chi connectivity index (χ2v) is 18.0. The number of benzene rings is 3. The molecule has 0 radical (unpaired) electrons. The molecule has 0 bridgehead atoms. The van der Waals surface area contributed by atoms with Crippen LogP contribution in [0.25, 0.3) is 5.69 Å². The van der Waals surface area contributed by atoms with Crippen LogP contribution in [0.5, 0.6) is 5.75 Å². The first-order valence-electron chi connectivity index (χ1n) is 18.5. The van der Waals surface area contributed by atoms with Crippen molar-refractivity contribution in [2.24, 2.45) is 20.9 Å². The van der Waals surface area contributed by atoms with Crippen LogP contribution < -0.4 is 20.2 Å². The molecule has 3 aromatic carbocycles. The lowest BCUT2D eigenvalue weighted by Gasteiger charge is -2.37. The lowest BCUT2D eigenvalue weighted by atomic mass is 9.82. The first-order valence-corrected chi connectivity index (χ1v) is 22.2. The Kier molecular flexibility index (Phi) is 12.8. The molecule has 0 saturated carbocycles. The molecular weight excluding hydrogens is 965 g/mol. The molecule has 1 aromatic heterocycles. The largest absolute Gasteiger partial charge is 0.493 e. The van der Waals surface area contributed by atoms with Gasteiger partial charge in [-0.2, -0.15) is 5.10 Å². The van der Waals surface area contributed by atoms with Gasteiger partial charge in [0.25, 0.3) is 0 Å². The van der Waals surface area contributed by atoms with E-state index < -0.39 is 31.2 Å². The molecule has 3 aliphatic heterocycles. The van der Waals surface area contributed by atoms with Crippen LogP contribution >= 0.6 is 52.9 Å². The van der Waals surface area contributed by atoms with E-state index in [0.717, 1.165) is 56.1 Å². The maximum atomic E-state index is 13.3. The highest BCUT2D eigenvalue weighted by atomic mass is 127. The smallest absolute Gasteiger partial charge is 0.487 e. The maximum absolute atomic E-state index is 13.3. The third kappa shape index (κ3) is 9.12. The number of anilines is 2. The minimum Gasteiger partial charge on any atom is -0.493 e. The van der Waals surface area contributed by atoms with Crippen molar-refractivity contribution in [3.05, 3.63) is 101 Å². The zero-order chi connectivity index (χ0) is 39.5. The fourth-order valence-electron chi connectivity index (χ4n) is 7.76. The average Bonchev–Trinajstić information content (AvgIpc) is 3.96. The lowest BCUT2D eigenvalue weighted by molar-refractivity contribution is -0.00956. The Morgan fingerprint density at radius 2 is 1.68 bits per heavy atom. The van der Waals surface area contributed by atoms with E-state index in [4.69, 9.17) is 14.0 Å². The molecule has 4 heterocycles. The van der Waals surface area contributed by atoms with Crippen LogP contribution in [-0.4, -0.2) is 83.3 Å². The summed E-state index contributed by atoms with van der Waals surface area (Å²) in [6, 6.07) is 21.9. The molecule has 296 valence electrons. The van der Waals surface area contributed by atoms with Gasteiger partial charge in [-0.3, -0.25) is 9.52 Å². The summed E-state index contributed by atoms with van der Waals surface area (Å²) in [7, 11) is -4.65. The molecule has 0 spiro atoms. The number of rotatable bonds is 15. The summed E-state index contributed by atoms with van der Waals surface area (Å²) in [5.41, 5.74) is 3.17. The van der Waals surface area contributed by atoms with E-state index in [1.165, 1.54) is 35.2 Å². The van der Waals surface area contributed by atoms with E-state index in [-0.39, 0.29) is 12.0 Å². The second-order valence-electron chi connectivity index (χ2n) is 14.2. The fraction of sp³-hybridized carbons (Fsp3) is 0.421. The lowest BCUT2D eigenvalue weighted by Crippen LogP contribution is -2.46. The number of ether oxygens (including phenoxy) is 2. The molecule has 18 heteroatoms. The summed E-state index contributed by atoms with van der Waals surface area (Å²) in [5, 5.41) is 4.23. The minimum atomic E-state index is -4.65. The van der Waals surface area contributed by atoms with E-state index in [2.05, 4.69) is 105 Å². The number of nitrogens with zero attached hydrogens (tertiary/aromatic N) is 8. The van der Waals surface area contributed by atoms with Crippen molar-refractivity contribution in [1.29, 1.82) is 0 Å². The number of hydrogen-bond acceptors (Lipinski definition) is 11. The van der Waals surface area contributed by atoms with Crippen LogP contribution in [0.1, 0.15) is 44.7 Å². The first-order chi connectivity index (χ1) is 27.0. The highest BCUT2D eigenvalue weighted by Crippen LogP contribution is 2.47. The van der Waals surface area contributed by atoms with Crippen molar-refractivity contribution in [3.63, 3.8) is 0 Å². The summed E-state index contributed by atoms with van der Waals surface area (Å²) < 4.78 is 34.6. The van der Waals surface area contributed by atoms with Crippen molar-refractivity contribution in [3.8, 4) is 11.4 Å². The molecule has 3 aliphatic rings. The molecule has 7 rings (SSSR count). The summed E-state index contributed by atoms with van der Waals surface area (Å²) >= 11 is 4.77. The third-order valence-corrected chi connectivity index (χ3v) is 13.0. The summed E-state index contributed by atoms with van der Waals surface area (Å²) in [6.45, 7) is 7.84. The quantitative estimate of drug-likeness (QED) is 0.0747. The Morgan fingerprint density at radius 3 is 2.29 bits per heavy atom. The van der Waals surface area contributed by atoms with Crippen molar-refractivity contribution < 1.29 is 23.5 Å². The number of halogens is 2. The van der Waals surface area contributed by atoms with Crippen LogP contribution in [0.3, 0.4) is 0 Å². The normalized spacial score (nSPS) is 22.9. The number of aliphatic imine (C=N–C) groups is 2. The minimum absolute atomic E-state index is 0.00893. The molecule has 56 heavy (non-hydrogen) atoms. The van der Waals surface area contributed by atoms with Crippen LogP contribution in [0.4, 0.5) is 11.4 Å². The Bertz CT molecular complexity index is 2160. The fourth-order valence-corrected chi connectivity index (χ4v) is 10.5. The zero-order valence-electron chi connectivity index (χ0n) is 30.9. The maximum Gasteiger partial charge on any atom is 0.487 e. The monoisotopic (exact) mass is 1010 g/mol. The van der Waals surface area contributed by atoms with E-state index in [9.17, 15) is 19.2 Å². The highest BCUT2D eigenvalue weighted by molar-refractivity contribution is 14.1. The number of hydrogen-bond donors (Lipinski definition) is 1. The van der Waals surface area contributed by atoms with Gasteiger partial charge in [0.15, 0.2) is 0 Å². The van der Waals surface area contributed by atoms with Crippen molar-refractivity contribution in [2.75, 3.05) is 49.2 Å². The van der Waals surface area contributed by atoms with Crippen LogP contribution in [0, 0.1) is 18.0 Å². The molecule has 15 nitrogen and oxygen atoms in total. The van der Waals surface area contributed by atoms with Gasteiger partial charge in [-0.05, 0) is 131 Å². The zero-order valence-corrected chi connectivity index (χ0v) is 36.1. The molecule has 6 atom stereocenters. The van der Waals surface area contributed by atoms with E-state index in [0.29, 0.717) is 25.3 Å². The summed E-state index contributed by atoms with van der Waals surface area (Å²) in [6.07, 6.45) is 5.96. The van der Waals surface area contributed by atoms with Gasteiger partial charge < -0.3 is 24.2 Å². The topological polar surface area (TPSA) is 165 Å². The Morgan fingerprint density at radius 1 is 1.02 bits per heavy atom. The third-order valence-electron chi connectivity index (χ3n) is 10.6. The van der Waals surface area contributed by atoms with Gasteiger partial charge in [0, 0.05) is 68.2 Å². The summed E-state index contributed by atoms with van der Waals surface area (Å²) in [5.74, 6) is 1.08. The van der Waals surface area contributed by atoms with Crippen molar-refractivity contribution in [2.45, 2.75) is 56.9 Å². The van der Waals surface area contributed by atoms with Crippen molar-refractivity contribution in [1.82, 2.24) is 14.3 Å². The van der Waals surface area contributed by atoms with Gasteiger partial charge in [0.1, 0.15) is 18.4 Å².